The van der Waals surface area contributed by atoms with Gasteiger partial charge in [0, 0.05) is 12.7 Å². The topological polar surface area (TPSA) is 43.4 Å². The number of hydrogen-bond acceptors (Lipinski definition) is 4. The molecule has 4 heteroatoms. The van der Waals surface area contributed by atoms with Gasteiger partial charge in [-0.1, -0.05) is 12.1 Å². The van der Waals surface area contributed by atoms with Crippen LogP contribution in [0.4, 0.5) is 5.82 Å². The van der Waals surface area contributed by atoms with Gasteiger partial charge in [-0.2, -0.15) is 0 Å². The second-order valence-electron chi connectivity index (χ2n) is 5.04. The fraction of sp³-hybridized carbons (Fsp3) is 0.353. The second kappa shape index (κ2) is 7.53. The summed E-state index contributed by atoms with van der Waals surface area (Å²) < 4.78 is 10.9. The molecule has 0 unspecified atom stereocenters. The number of anilines is 1. The summed E-state index contributed by atoms with van der Waals surface area (Å²) >= 11 is 0. The lowest BCUT2D eigenvalue weighted by Crippen LogP contribution is -2.11. The van der Waals surface area contributed by atoms with Crippen LogP contribution in [0.25, 0.3) is 0 Å². The molecule has 0 bridgehead atoms. The second-order valence-corrected chi connectivity index (χ2v) is 5.04. The van der Waals surface area contributed by atoms with Crippen LogP contribution < -0.4 is 14.8 Å². The highest BCUT2D eigenvalue weighted by Crippen LogP contribution is 2.22. The van der Waals surface area contributed by atoms with Crippen molar-refractivity contribution in [1.82, 2.24) is 4.98 Å². The van der Waals surface area contributed by atoms with E-state index in [1.54, 1.807) is 13.3 Å². The van der Waals surface area contributed by atoms with E-state index in [-0.39, 0.29) is 6.10 Å². The zero-order valence-electron chi connectivity index (χ0n) is 12.8. The summed E-state index contributed by atoms with van der Waals surface area (Å²) in [7, 11) is 1.67. The normalized spacial score (nSPS) is 10.5. The van der Waals surface area contributed by atoms with Crippen LogP contribution in [0.3, 0.4) is 0 Å². The molecule has 0 saturated carbocycles. The van der Waals surface area contributed by atoms with Crippen molar-refractivity contribution in [3.63, 3.8) is 0 Å². The standard InChI is InChI=1S/C17H22N2O2/c1-13(2)21-16-5-4-11-18-17(16)19-12-10-14-6-8-15(20-3)9-7-14/h4-9,11,13H,10,12H2,1-3H3,(H,18,19). The summed E-state index contributed by atoms with van der Waals surface area (Å²) in [5.41, 5.74) is 1.26. The summed E-state index contributed by atoms with van der Waals surface area (Å²) in [5, 5.41) is 3.33. The molecule has 112 valence electrons. The van der Waals surface area contributed by atoms with E-state index in [1.807, 2.05) is 38.1 Å². The minimum atomic E-state index is 0.135. The molecule has 1 aromatic carbocycles. The molecule has 0 fully saturated rings. The van der Waals surface area contributed by atoms with Crippen LogP contribution in [-0.4, -0.2) is 24.7 Å². The number of benzene rings is 1. The van der Waals surface area contributed by atoms with Gasteiger partial charge in [-0.25, -0.2) is 4.98 Å². The molecule has 0 aliphatic carbocycles. The predicted molar refractivity (Wildman–Crippen MR) is 85.2 cm³/mol. The number of methoxy groups -OCH3 is 1. The molecule has 4 nitrogen and oxygen atoms in total. The summed E-state index contributed by atoms with van der Waals surface area (Å²) in [5.74, 6) is 2.46. The van der Waals surface area contributed by atoms with Crippen molar-refractivity contribution >= 4 is 5.82 Å². The van der Waals surface area contributed by atoms with E-state index in [4.69, 9.17) is 9.47 Å². The third-order valence-corrected chi connectivity index (χ3v) is 3.00. The van der Waals surface area contributed by atoms with E-state index < -0.39 is 0 Å². The smallest absolute Gasteiger partial charge is 0.168 e. The molecule has 0 saturated heterocycles. The van der Waals surface area contributed by atoms with Crippen LogP contribution in [0.15, 0.2) is 42.6 Å². The van der Waals surface area contributed by atoms with Crippen LogP contribution in [0.2, 0.25) is 0 Å². The maximum Gasteiger partial charge on any atom is 0.168 e. The van der Waals surface area contributed by atoms with Gasteiger partial charge in [-0.3, -0.25) is 0 Å². The Morgan fingerprint density at radius 2 is 1.90 bits per heavy atom. The number of aromatic nitrogens is 1. The van der Waals surface area contributed by atoms with E-state index in [0.717, 1.165) is 30.3 Å². The molecule has 0 aliphatic rings. The average Bonchev–Trinajstić information content (AvgIpc) is 2.49. The maximum absolute atomic E-state index is 5.74. The molecule has 0 radical (unpaired) electrons. The minimum absolute atomic E-state index is 0.135. The van der Waals surface area contributed by atoms with Gasteiger partial charge >= 0.3 is 0 Å². The monoisotopic (exact) mass is 286 g/mol. The number of hydrogen-bond donors (Lipinski definition) is 1. The lowest BCUT2D eigenvalue weighted by molar-refractivity contribution is 0.243. The first-order valence-electron chi connectivity index (χ1n) is 7.17. The molecule has 0 atom stereocenters. The molecule has 0 aliphatic heterocycles. The zero-order chi connectivity index (χ0) is 15.1. The van der Waals surface area contributed by atoms with E-state index >= 15 is 0 Å². The summed E-state index contributed by atoms with van der Waals surface area (Å²) in [6.07, 6.45) is 2.82. The van der Waals surface area contributed by atoms with Crippen LogP contribution >= 0.6 is 0 Å². The first kappa shape index (κ1) is 15.2. The van der Waals surface area contributed by atoms with Gasteiger partial charge in [-0.15, -0.1) is 0 Å². The number of nitrogens with zero attached hydrogens (tertiary/aromatic N) is 1. The molecule has 2 aromatic rings. The van der Waals surface area contributed by atoms with E-state index in [9.17, 15) is 0 Å². The molecule has 0 amide bonds. The minimum Gasteiger partial charge on any atom is -0.497 e. The lowest BCUT2D eigenvalue weighted by atomic mass is 10.1. The average molecular weight is 286 g/mol. The molecule has 1 N–H and O–H groups in total. The number of rotatable bonds is 7. The van der Waals surface area contributed by atoms with E-state index in [0.29, 0.717) is 0 Å². The van der Waals surface area contributed by atoms with Crippen LogP contribution in [0, 0.1) is 0 Å². The van der Waals surface area contributed by atoms with E-state index in [2.05, 4.69) is 22.4 Å². The molecule has 21 heavy (non-hydrogen) atoms. The predicted octanol–water partition coefficient (Wildman–Crippen LogP) is 3.53. The molecule has 1 heterocycles. The third kappa shape index (κ3) is 4.67. The zero-order valence-corrected chi connectivity index (χ0v) is 12.8. The van der Waals surface area contributed by atoms with Gasteiger partial charge in [0.1, 0.15) is 5.75 Å². The molecular weight excluding hydrogens is 264 g/mol. The van der Waals surface area contributed by atoms with Crippen molar-refractivity contribution in [2.75, 3.05) is 19.0 Å². The number of ether oxygens (including phenoxy) is 2. The third-order valence-electron chi connectivity index (χ3n) is 3.00. The first-order valence-corrected chi connectivity index (χ1v) is 7.17. The van der Waals surface area contributed by atoms with E-state index in [1.165, 1.54) is 5.56 Å². The highest BCUT2D eigenvalue weighted by atomic mass is 16.5. The van der Waals surface area contributed by atoms with Gasteiger partial charge in [-0.05, 0) is 50.1 Å². The number of nitrogens with one attached hydrogen (secondary N) is 1. The number of pyridine rings is 1. The largest absolute Gasteiger partial charge is 0.497 e. The first-order chi connectivity index (χ1) is 10.2. The molecule has 0 spiro atoms. The molecule has 1 aromatic heterocycles. The van der Waals surface area contributed by atoms with Gasteiger partial charge in [0.05, 0.1) is 13.2 Å². The molecular formula is C17H22N2O2. The maximum atomic E-state index is 5.74. The quantitative estimate of drug-likeness (QED) is 0.845. The molecule has 2 rings (SSSR count). The van der Waals surface area contributed by atoms with Crippen molar-refractivity contribution in [2.24, 2.45) is 0 Å². The van der Waals surface area contributed by atoms with Crippen molar-refractivity contribution in [3.05, 3.63) is 48.2 Å². The van der Waals surface area contributed by atoms with Crippen molar-refractivity contribution in [3.8, 4) is 11.5 Å². The summed E-state index contributed by atoms with van der Waals surface area (Å²) in [6.45, 7) is 4.82. The van der Waals surface area contributed by atoms with Gasteiger partial charge in [0.2, 0.25) is 0 Å². The highest BCUT2D eigenvalue weighted by Gasteiger charge is 2.05. The lowest BCUT2D eigenvalue weighted by Gasteiger charge is -2.14. The van der Waals surface area contributed by atoms with Gasteiger partial charge in [0.15, 0.2) is 11.6 Å². The van der Waals surface area contributed by atoms with Crippen LogP contribution in [-0.2, 0) is 6.42 Å². The highest BCUT2D eigenvalue weighted by molar-refractivity contribution is 5.49. The SMILES string of the molecule is COc1ccc(CCNc2ncccc2OC(C)C)cc1. The summed E-state index contributed by atoms with van der Waals surface area (Å²) in [6, 6.07) is 11.9. The summed E-state index contributed by atoms with van der Waals surface area (Å²) in [4.78, 5) is 4.33. The Labute approximate surface area is 126 Å². The Hall–Kier alpha value is -2.23. The Kier molecular flexibility index (Phi) is 5.43. The Bertz CT molecular complexity index is 553. The van der Waals surface area contributed by atoms with Crippen molar-refractivity contribution in [1.29, 1.82) is 0 Å². The Balaban J connectivity index is 1.90. The Morgan fingerprint density at radius 1 is 1.14 bits per heavy atom. The Morgan fingerprint density at radius 3 is 2.57 bits per heavy atom. The fourth-order valence-corrected chi connectivity index (χ4v) is 1.99. The van der Waals surface area contributed by atoms with Crippen molar-refractivity contribution in [2.45, 2.75) is 26.4 Å². The van der Waals surface area contributed by atoms with Crippen LogP contribution in [0.1, 0.15) is 19.4 Å². The van der Waals surface area contributed by atoms with Gasteiger partial charge < -0.3 is 14.8 Å². The fourth-order valence-electron chi connectivity index (χ4n) is 1.99. The van der Waals surface area contributed by atoms with Crippen molar-refractivity contribution < 1.29 is 9.47 Å². The van der Waals surface area contributed by atoms with Gasteiger partial charge in [0.25, 0.3) is 0 Å². The van der Waals surface area contributed by atoms with Crippen LogP contribution in [0.5, 0.6) is 11.5 Å².